The molecule has 0 saturated heterocycles. The number of rotatable bonds is 4. The van der Waals surface area contributed by atoms with Crippen molar-refractivity contribution in [1.29, 1.82) is 0 Å². The van der Waals surface area contributed by atoms with Crippen molar-refractivity contribution < 1.29 is 31.1 Å². The molecule has 2 nitrogen and oxygen atoms in total. The molecule has 0 atom stereocenters. The van der Waals surface area contributed by atoms with Gasteiger partial charge in [-0.25, -0.2) is 0 Å². The second-order valence-corrected chi connectivity index (χ2v) is 4.14. The maximum absolute atomic E-state index is 12.0. The van der Waals surface area contributed by atoms with Gasteiger partial charge in [0.05, 0.1) is 6.61 Å². The zero-order valence-corrected chi connectivity index (χ0v) is 8.74. The van der Waals surface area contributed by atoms with Crippen LogP contribution >= 0.6 is 0 Å². The lowest BCUT2D eigenvalue weighted by molar-refractivity contribution is -0.325. The van der Waals surface area contributed by atoms with Gasteiger partial charge in [-0.05, 0) is 6.54 Å². The molecule has 0 radical (unpaired) electrons. The molecule has 0 heterocycles. The largest absolute Gasteiger partial charge is 0.423 e. The van der Waals surface area contributed by atoms with Gasteiger partial charge in [0.1, 0.15) is 0 Å². The molecule has 8 heteroatoms. The fraction of sp³-hybridized carbons (Fsp3) is 1.00. The number of halogens is 6. The molecule has 16 heavy (non-hydrogen) atoms. The van der Waals surface area contributed by atoms with Crippen LogP contribution in [0.25, 0.3) is 0 Å². The highest BCUT2D eigenvalue weighted by Gasteiger charge is 2.58. The third-order valence-electron chi connectivity index (χ3n) is 1.79. The molecule has 0 aromatic rings. The summed E-state index contributed by atoms with van der Waals surface area (Å²) in [7, 11) is 0. The fourth-order valence-electron chi connectivity index (χ4n) is 0.742. The molecule has 0 unspecified atom stereocenters. The molecule has 0 spiro atoms. The molecule has 0 rings (SSSR count). The van der Waals surface area contributed by atoms with Gasteiger partial charge in [0.25, 0.3) is 0 Å². The van der Waals surface area contributed by atoms with Crippen LogP contribution in [0.15, 0.2) is 0 Å². The SMILES string of the molecule is CC(C)(CN)COC(C(F)(F)F)C(F)(F)F. The van der Waals surface area contributed by atoms with Gasteiger partial charge in [-0.1, -0.05) is 13.8 Å². The van der Waals surface area contributed by atoms with E-state index < -0.39 is 30.5 Å². The number of hydrogen-bond acceptors (Lipinski definition) is 2. The second-order valence-electron chi connectivity index (χ2n) is 4.14. The average Bonchev–Trinajstić information content (AvgIpc) is 1.99. The summed E-state index contributed by atoms with van der Waals surface area (Å²) in [4.78, 5) is 0. The summed E-state index contributed by atoms with van der Waals surface area (Å²) in [6, 6.07) is 0. The maximum atomic E-state index is 12.0. The van der Waals surface area contributed by atoms with Gasteiger partial charge in [0.2, 0.25) is 6.10 Å². The molecule has 0 aromatic carbocycles. The molecule has 0 fully saturated rings. The Hall–Kier alpha value is -0.500. The van der Waals surface area contributed by atoms with Gasteiger partial charge in [0.15, 0.2) is 0 Å². The van der Waals surface area contributed by atoms with Crippen LogP contribution < -0.4 is 5.73 Å². The normalized spacial score (nSPS) is 14.6. The fourth-order valence-corrected chi connectivity index (χ4v) is 0.742. The molecular weight excluding hydrogens is 240 g/mol. The third kappa shape index (κ3) is 5.02. The summed E-state index contributed by atoms with van der Waals surface area (Å²) >= 11 is 0. The van der Waals surface area contributed by atoms with Gasteiger partial charge in [-0.3, -0.25) is 0 Å². The molecule has 0 aliphatic carbocycles. The van der Waals surface area contributed by atoms with Crippen molar-refractivity contribution in [3.63, 3.8) is 0 Å². The van der Waals surface area contributed by atoms with Crippen molar-refractivity contribution in [2.75, 3.05) is 13.2 Å². The lowest BCUT2D eigenvalue weighted by Gasteiger charge is -2.28. The highest BCUT2D eigenvalue weighted by molar-refractivity contribution is 4.78. The molecule has 0 aliphatic rings. The second kappa shape index (κ2) is 4.79. The number of nitrogens with two attached hydrogens (primary N) is 1. The Labute approximate surface area is 88.7 Å². The van der Waals surface area contributed by atoms with Gasteiger partial charge in [-0.2, -0.15) is 26.3 Å². The Bertz CT molecular complexity index is 208. The minimum atomic E-state index is -5.47. The van der Waals surface area contributed by atoms with E-state index >= 15 is 0 Å². The van der Waals surface area contributed by atoms with Crippen LogP contribution in [0.5, 0.6) is 0 Å². The smallest absolute Gasteiger partial charge is 0.360 e. The summed E-state index contributed by atoms with van der Waals surface area (Å²) < 4.78 is 76.0. The van der Waals surface area contributed by atoms with Crippen molar-refractivity contribution >= 4 is 0 Å². The van der Waals surface area contributed by atoms with E-state index in [1.807, 2.05) is 0 Å². The van der Waals surface area contributed by atoms with E-state index in [-0.39, 0.29) is 6.54 Å². The lowest BCUT2D eigenvalue weighted by atomic mass is 9.95. The van der Waals surface area contributed by atoms with Gasteiger partial charge < -0.3 is 10.5 Å². The summed E-state index contributed by atoms with van der Waals surface area (Å²) in [5.74, 6) is 0. The molecule has 0 aromatic heterocycles. The molecule has 0 amide bonds. The van der Waals surface area contributed by atoms with Gasteiger partial charge in [-0.15, -0.1) is 0 Å². The van der Waals surface area contributed by atoms with Crippen LogP contribution in [0.1, 0.15) is 13.8 Å². The van der Waals surface area contributed by atoms with E-state index in [0.29, 0.717) is 0 Å². The molecule has 0 aliphatic heterocycles. The van der Waals surface area contributed by atoms with Gasteiger partial charge >= 0.3 is 12.4 Å². The molecule has 0 bridgehead atoms. The van der Waals surface area contributed by atoms with Crippen LogP contribution in [-0.4, -0.2) is 31.6 Å². The van der Waals surface area contributed by atoms with E-state index in [2.05, 4.69) is 4.74 Å². The first-order valence-electron chi connectivity index (χ1n) is 4.35. The Morgan fingerprint density at radius 3 is 1.62 bits per heavy atom. The highest BCUT2D eigenvalue weighted by Crippen LogP contribution is 2.36. The standard InChI is InChI=1S/C8H13F6NO/c1-6(2,3-15)4-16-5(7(9,10)11)8(12,13)14/h5H,3-4,15H2,1-2H3. The summed E-state index contributed by atoms with van der Waals surface area (Å²) in [6.45, 7) is 2.04. The summed E-state index contributed by atoms with van der Waals surface area (Å²) in [5.41, 5.74) is 4.23. The molecule has 0 saturated carbocycles. The Balaban J connectivity index is 4.61. The maximum Gasteiger partial charge on any atom is 0.423 e. The Morgan fingerprint density at radius 2 is 1.38 bits per heavy atom. The van der Waals surface area contributed by atoms with E-state index in [9.17, 15) is 26.3 Å². The predicted octanol–water partition coefficient (Wildman–Crippen LogP) is 2.48. The van der Waals surface area contributed by atoms with Gasteiger partial charge in [0, 0.05) is 5.41 Å². The Kier molecular flexibility index (Phi) is 4.64. The topological polar surface area (TPSA) is 35.2 Å². The van der Waals surface area contributed by atoms with E-state index in [0.717, 1.165) is 0 Å². The predicted molar refractivity (Wildman–Crippen MR) is 44.7 cm³/mol. The Morgan fingerprint density at radius 1 is 1.00 bits per heavy atom. The van der Waals surface area contributed by atoms with Crippen LogP contribution in [0.3, 0.4) is 0 Å². The van der Waals surface area contributed by atoms with E-state index in [4.69, 9.17) is 5.73 Å². The number of alkyl halides is 6. The van der Waals surface area contributed by atoms with Crippen LogP contribution in [-0.2, 0) is 4.74 Å². The minimum Gasteiger partial charge on any atom is -0.360 e. The average molecular weight is 253 g/mol. The summed E-state index contributed by atoms with van der Waals surface area (Å²) in [5, 5.41) is 0. The number of ether oxygens (including phenoxy) is 1. The van der Waals surface area contributed by atoms with Crippen LogP contribution in [0, 0.1) is 5.41 Å². The van der Waals surface area contributed by atoms with Crippen LogP contribution in [0.2, 0.25) is 0 Å². The quantitative estimate of drug-likeness (QED) is 0.781. The van der Waals surface area contributed by atoms with Crippen molar-refractivity contribution in [2.24, 2.45) is 11.1 Å². The minimum absolute atomic E-state index is 0.0740. The molecular formula is C8H13F6NO. The first kappa shape index (κ1) is 15.5. The molecule has 98 valence electrons. The monoisotopic (exact) mass is 253 g/mol. The van der Waals surface area contributed by atoms with E-state index in [1.165, 1.54) is 13.8 Å². The van der Waals surface area contributed by atoms with Crippen molar-refractivity contribution in [3.8, 4) is 0 Å². The van der Waals surface area contributed by atoms with E-state index in [1.54, 1.807) is 0 Å². The number of hydrogen-bond donors (Lipinski definition) is 1. The lowest BCUT2D eigenvalue weighted by Crippen LogP contribution is -2.46. The first-order valence-corrected chi connectivity index (χ1v) is 4.35. The van der Waals surface area contributed by atoms with Crippen LogP contribution in [0.4, 0.5) is 26.3 Å². The van der Waals surface area contributed by atoms with Crippen molar-refractivity contribution in [1.82, 2.24) is 0 Å². The third-order valence-corrected chi connectivity index (χ3v) is 1.79. The zero-order chi connectivity index (χ0) is 13.2. The molecule has 2 N–H and O–H groups in total. The highest BCUT2D eigenvalue weighted by atomic mass is 19.4. The summed E-state index contributed by atoms with van der Waals surface area (Å²) in [6.07, 6.45) is -14.7. The van der Waals surface area contributed by atoms with Crippen molar-refractivity contribution in [3.05, 3.63) is 0 Å². The first-order chi connectivity index (χ1) is 6.90. The zero-order valence-electron chi connectivity index (χ0n) is 8.74. The van der Waals surface area contributed by atoms with Crippen molar-refractivity contribution in [2.45, 2.75) is 32.3 Å².